The highest BCUT2D eigenvalue weighted by molar-refractivity contribution is 8.13. The number of carbonyl (C=O) groups excluding carboxylic acids is 2. The number of unbranched alkanes of at least 4 members (excludes halogenated alkanes) is 1. The summed E-state index contributed by atoms with van der Waals surface area (Å²) >= 11 is 1.32. The fourth-order valence-corrected chi connectivity index (χ4v) is 3.33. The predicted molar refractivity (Wildman–Crippen MR) is 71.5 cm³/mol. The topological polar surface area (TPSA) is 46.6 Å². The molecule has 3 unspecified atom stereocenters. The van der Waals surface area contributed by atoms with Gasteiger partial charge in [-0.15, -0.1) is 0 Å². The Morgan fingerprint density at radius 2 is 2.17 bits per heavy atom. The second-order valence-electron chi connectivity index (χ2n) is 4.98. The van der Waals surface area contributed by atoms with Crippen molar-refractivity contribution in [1.29, 1.82) is 0 Å². The van der Waals surface area contributed by atoms with E-state index in [1.807, 2.05) is 6.92 Å². The molecule has 4 nitrogen and oxygen atoms in total. The Morgan fingerprint density at radius 3 is 2.83 bits per heavy atom. The van der Waals surface area contributed by atoms with Gasteiger partial charge in [0.2, 0.25) is 5.12 Å². The van der Waals surface area contributed by atoms with E-state index in [-0.39, 0.29) is 17.3 Å². The molecule has 18 heavy (non-hydrogen) atoms. The Labute approximate surface area is 112 Å². The second kappa shape index (κ2) is 5.95. The van der Waals surface area contributed by atoms with Crippen molar-refractivity contribution in [3.8, 4) is 0 Å². The maximum atomic E-state index is 12.0. The van der Waals surface area contributed by atoms with Gasteiger partial charge in [-0.05, 0) is 30.4 Å². The van der Waals surface area contributed by atoms with E-state index >= 15 is 0 Å². The first kappa shape index (κ1) is 13.7. The molecule has 2 fully saturated rings. The van der Waals surface area contributed by atoms with Gasteiger partial charge in [0.1, 0.15) is 6.04 Å². The van der Waals surface area contributed by atoms with Crippen LogP contribution in [0.4, 0.5) is 4.79 Å². The number of rotatable bonds is 5. The Morgan fingerprint density at radius 1 is 1.39 bits per heavy atom. The number of thioether (sulfide) groups is 1. The van der Waals surface area contributed by atoms with E-state index < -0.39 is 0 Å². The van der Waals surface area contributed by atoms with Crippen LogP contribution >= 0.6 is 11.8 Å². The van der Waals surface area contributed by atoms with Crippen molar-refractivity contribution in [2.75, 3.05) is 18.9 Å². The van der Waals surface area contributed by atoms with Gasteiger partial charge in [-0.3, -0.25) is 9.69 Å². The number of fused-ring (bicyclic) bond motifs is 1. The van der Waals surface area contributed by atoms with Gasteiger partial charge >= 0.3 is 6.09 Å². The molecule has 1 aliphatic heterocycles. The lowest BCUT2D eigenvalue weighted by Gasteiger charge is -2.25. The number of piperidine rings is 1. The average molecular weight is 271 g/mol. The van der Waals surface area contributed by atoms with Crippen LogP contribution in [0.5, 0.6) is 0 Å². The molecule has 1 saturated heterocycles. The summed E-state index contributed by atoms with van der Waals surface area (Å²) in [5, 5.41) is 0.134. The van der Waals surface area contributed by atoms with E-state index in [1.165, 1.54) is 11.8 Å². The minimum atomic E-state index is -0.300. The van der Waals surface area contributed by atoms with Crippen LogP contribution in [0.15, 0.2) is 0 Å². The maximum absolute atomic E-state index is 12.0. The number of amides is 1. The van der Waals surface area contributed by atoms with Crippen molar-refractivity contribution < 1.29 is 14.3 Å². The fraction of sp³-hybridized carbons (Fsp3) is 0.846. The van der Waals surface area contributed by atoms with E-state index in [0.717, 1.165) is 25.0 Å². The maximum Gasteiger partial charge on any atom is 0.410 e. The van der Waals surface area contributed by atoms with Crippen LogP contribution in [0, 0.1) is 11.8 Å². The molecular weight excluding hydrogens is 250 g/mol. The Balaban J connectivity index is 1.90. The molecule has 0 radical (unpaired) electrons. The number of nitrogens with zero attached hydrogens (tertiary/aromatic N) is 1. The van der Waals surface area contributed by atoms with E-state index in [2.05, 4.69) is 6.92 Å². The highest BCUT2D eigenvalue weighted by Crippen LogP contribution is 2.50. The molecule has 1 amide bonds. The van der Waals surface area contributed by atoms with Gasteiger partial charge in [-0.1, -0.05) is 32.0 Å². The summed E-state index contributed by atoms with van der Waals surface area (Å²) in [7, 11) is 0. The first-order valence-electron chi connectivity index (χ1n) is 6.79. The smallest absolute Gasteiger partial charge is 0.410 e. The van der Waals surface area contributed by atoms with Gasteiger partial charge in [-0.25, -0.2) is 4.79 Å². The summed E-state index contributed by atoms with van der Waals surface area (Å²) in [5.74, 6) is 1.70. The normalized spacial score (nSPS) is 29.0. The van der Waals surface area contributed by atoms with E-state index in [4.69, 9.17) is 4.74 Å². The van der Waals surface area contributed by atoms with Crippen LogP contribution in [0.25, 0.3) is 0 Å². The van der Waals surface area contributed by atoms with Crippen LogP contribution in [0.3, 0.4) is 0 Å². The van der Waals surface area contributed by atoms with Gasteiger partial charge in [0.05, 0.1) is 6.61 Å². The van der Waals surface area contributed by atoms with Crippen molar-refractivity contribution in [3.05, 3.63) is 0 Å². The summed E-state index contributed by atoms with van der Waals surface area (Å²) in [6.45, 7) is 5.19. The first-order valence-corrected chi connectivity index (χ1v) is 7.77. The number of hydrogen-bond donors (Lipinski definition) is 0. The van der Waals surface area contributed by atoms with E-state index in [1.54, 1.807) is 4.90 Å². The molecule has 0 aromatic heterocycles. The fourth-order valence-electron chi connectivity index (χ4n) is 2.57. The van der Waals surface area contributed by atoms with E-state index in [0.29, 0.717) is 25.0 Å². The molecule has 1 heterocycles. The lowest BCUT2D eigenvalue weighted by Crippen LogP contribution is -2.42. The summed E-state index contributed by atoms with van der Waals surface area (Å²) in [4.78, 5) is 25.6. The van der Waals surface area contributed by atoms with Gasteiger partial charge < -0.3 is 4.74 Å². The molecule has 5 heteroatoms. The zero-order chi connectivity index (χ0) is 13.1. The molecule has 0 bridgehead atoms. The van der Waals surface area contributed by atoms with E-state index in [9.17, 15) is 9.59 Å². The highest BCUT2D eigenvalue weighted by Gasteiger charge is 2.57. The van der Waals surface area contributed by atoms with Crippen LogP contribution in [0.2, 0.25) is 0 Å². The third-order valence-electron chi connectivity index (χ3n) is 3.64. The molecule has 102 valence electrons. The molecular formula is C13H21NO3S. The van der Waals surface area contributed by atoms with Crippen molar-refractivity contribution in [3.63, 3.8) is 0 Å². The SMILES string of the molecule is CCCCOC(=O)N1CC2CC2C1C(=O)SCC. The van der Waals surface area contributed by atoms with Gasteiger partial charge in [0.25, 0.3) is 0 Å². The highest BCUT2D eigenvalue weighted by atomic mass is 32.2. The number of carbonyl (C=O) groups is 2. The summed E-state index contributed by atoms with van der Waals surface area (Å²) < 4.78 is 5.22. The number of hydrogen-bond acceptors (Lipinski definition) is 4. The van der Waals surface area contributed by atoms with Gasteiger partial charge in [-0.2, -0.15) is 0 Å². The standard InChI is InChI=1S/C13H21NO3S/c1-3-5-6-17-13(16)14-8-9-7-10(9)11(14)12(15)18-4-2/h9-11H,3-8H2,1-2H3. The molecule has 0 aromatic carbocycles. The molecule has 1 aliphatic carbocycles. The molecule has 1 saturated carbocycles. The third kappa shape index (κ3) is 2.82. The average Bonchev–Trinajstić information content (AvgIpc) is 3.00. The lowest BCUT2D eigenvalue weighted by atomic mass is 10.2. The Hall–Kier alpha value is -0.710. The molecule has 0 aromatic rings. The second-order valence-corrected chi connectivity index (χ2v) is 6.25. The number of likely N-dealkylation sites (tertiary alicyclic amines) is 1. The number of ether oxygens (including phenoxy) is 1. The van der Waals surface area contributed by atoms with Crippen molar-refractivity contribution in [2.45, 2.75) is 39.2 Å². The third-order valence-corrected chi connectivity index (χ3v) is 4.45. The van der Waals surface area contributed by atoms with Crippen molar-refractivity contribution in [1.82, 2.24) is 4.90 Å². The first-order chi connectivity index (χ1) is 8.69. The monoisotopic (exact) mass is 271 g/mol. The van der Waals surface area contributed by atoms with Crippen LogP contribution in [-0.4, -0.2) is 41.1 Å². The van der Waals surface area contributed by atoms with Gasteiger partial charge in [0, 0.05) is 6.54 Å². The molecule has 2 aliphatic rings. The molecule has 2 rings (SSSR count). The minimum Gasteiger partial charge on any atom is -0.449 e. The van der Waals surface area contributed by atoms with Crippen LogP contribution in [-0.2, 0) is 9.53 Å². The molecule has 0 N–H and O–H groups in total. The zero-order valence-corrected chi connectivity index (χ0v) is 11.9. The molecule has 0 spiro atoms. The van der Waals surface area contributed by atoms with Crippen molar-refractivity contribution >= 4 is 23.0 Å². The molecule has 3 atom stereocenters. The predicted octanol–water partition coefficient (Wildman–Crippen LogP) is 2.52. The quantitative estimate of drug-likeness (QED) is 0.721. The largest absolute Gasteiger partial charge is 0.449 e. The summed E-state index contributed by atoms with van der Waals surface area (Å²) in [5.41, 5.74) is 0. The zero-order valence-electron chi connectivity index (χ0n) is 11.1. The Kier molecular flexibility index (Phi) is 4.54. The summed E-state index contributed by atoms with van der Waals surface area (Å²) in [6, 6.07) is -0.228. The minimum absolute atomic E-state index is 0.134. The lowest BCUT2D eigenvalue weighted by molar-refractivity contribution is -0.115. The Bertz CT molecular complexity index is 334. The van der Waals surface area contributed by atoms with Crippen LogP contribution in [0.1, 0.15) is 33.1 Å². The summed E-state index contributed by atoms with van der Waals surface area (Å²) in [6.07, 6.45) is 2.69. The van der Waals surface area contributed by atoms with Gasteiger partial charge in [0.15, 0.2) is 0 Å². The van der Waals surface area contributed by atoms with Crippen LogP contribution < -0.4 is 0 Å². The van der Waals surface area contributed by atoms with Crippen molar-refractivity contribution in [2.24, 2.45) is 11.8 Å².